The summed E-state index contributed by atoms with van der Waals surface area (Å²) in [6.07, 6.45) is 0.997. The molecule has 0 aliphatic heterocycles. The first-order valence-electron chi connectivity index (χ1n) is 6.38. The van der Waals surface area contributed by atoms with Gasteiger partial charge in [-0.2, -0.15) is 0 Å². The summed E-state index contributed by atoms with van der Waals surface area (Å²) in [6.45, 7) is 10.9. The molecule has 0 aliphatic rings. The molecule has 0 aromatic heterocycles. The van der Waals surface area contributed by atoms with Crippen LogP contribution in [-0.2, 0) is 6.42 Å². The van der Waals surface area contributed by atoms with Gasteiger partial charge < -0.3 is 5.32 Å². The van der Waals surface area contributed by atoms with Gasteiger partial charge in [0.05, 0.1) is 0 Å². The van der Waals surface area contributed by atoms with Crippen LogP contribution in [0, 0.1) is 17.2 Å². The van der Waals surface area contributed by atoms with Crippen LogP contribution >= 0.6 is 0 Å². The van der Waals surface area contributed by atoms with Crippen LogP contribution in [0.1, 0.15) is 33.3 Å². The van der Waals surface area contributed by atoms with E-state index in [0.717, 1.165) is 19.5 Å². The first kappa shape index (κ1) is 14.2. The van der Waals surface area contributed by atoms with Crippen molar-refractivity contribution in [3.63, 3.8) is 0 Å². The topological polar surface area (TPSA) is 12.0 Å². The number of hydrogen-bond donors (Lipinski definition) is 1. The van der Waals surface area contributed by atoms with Gasteiger partial charge in [-0.05, 0) is 48.5 Å². The normalized spacial score (nSPS) is 13.7. The summed E-state index contributed by atoms with van der Waals surface area (Å²) < 4.78 is 12.8. The van der Waals surface area contributed by atoms with Crippen molar-refractivity contribution in [1.29, 1.82) is 0 Å². The predicted molar refractivity (Wildman–Crippen MR) is 71.6 cm³/mol. The lowest BCUT2D eigenvalue weighted by atomic mass is 9.77. The van der Waals surface area contributed by atoms with Crippen LogP contribution in [-0.4, -0.2) is 13.1 Å². The second-order valence-electron chi connectivity index (χ2n) is 5.70. The molecule has 0 heterocycles. The van der Waals surface area contributed by atoms with E-state index >= 15 is 0 Å². The molecule has 1 unspecified atom stereocenters. The molecule has 0 aliphatic carbocycles. The molecule has 0 spiro atoms. The Balaban J connectivity index is 2.68. The van der Waals surface area contributed by atoms with Gasteiger partial charge in [0, 0.05) is 0 Å². The Morgan fingerprint density at radius 1 is 1.18 bits per heavy atom. The molecule has 0 fully saturated rings. The summed E-state index contributed by atoms with van der Waals surface area (Å²) in [6, 6.07) is 6.87. The fourth-order valence-corrected chi connectivity index (χ4v) is 1.91. The maximum Gasteiger partial charge on any atom is 0.123 e. The highest BCUT2D eigenvalue weighted by Crippen LogP contribution is 2.28. The zero-order chi connectivity index (χ0) is 12.9. The highest BCUT2D eigenvalue weighted by molar-refractivity contribution is 5.17. The Bertz CT molecular complexity index is 324. The molecule has 1 nitrogen and oxygen atoms in total. The van der Waals surface area contributed by atoms with Crippen LogP contribution in [0.25, 0.3) is 0 Å². The van der Waals surface area contributed by atoms with Gasteiger partial charge >= 0.3 is 0 Å². The molecule has 1 aromatic carbocycles. The standard InChI is InChI=1S/C15H24FN/c1-5-17-11-13(15(2,3)4)10-12-6-8-14(16)9-7-12/h6-9,13,17H,5,10-11H2,1-4H3. The van der Waals surface area contributed by atoms with Gasteiger partial charge in [-0.3, -0.25) is 0 Å². The second-order valence-corrected chi connectivity index (χ2v) is 5.70. The van der Waals surface area contributed by atoms with Gasteiger partial charge in [0.25, 0.3) is 0 Å². The fraction of sp³-hybridized carbons (Fsp3) is 0.600. The third-order valence-corrected chi connectivity index (χ3v) is 3.26. The number of benzene rings is 1. The number of hydrogen-bond acceptors (Lipinski definition) is 1. The van der Waals surface area contributed by atoms with Gasteiger partial charge in [-0.15, -0.1) is 0 Å². The van der Waals surface area contributed by atoms with E-state index in [-0.39, 0.29) is 11.2 Å². The van der Waals surface area contributed by atoms with E-state index in [9.17, 15) is 4.39 Å². The fourth-order valence-electron chi connectivity index (χ4n) is 1.91. The number of halogens is 1. The van der Waals surface area contributed by atoms with E-state index in [0.29, 0.717) is 5.92 Å². The van der Waals surface area contributed by atoms with Crippen molar-refractivity contribution < 1.29 is 4.39 Å². The van der Waals surface area contributed by atoms with Gasteiger partial charge in [-0.25, -0.2) is 4.39 Å². The van der Waals surface area contributed by atoms with E-state index < -0.39 is 0 Å². The quantitative estimate of drug-likeness (QED) is 0.824. The molecule has 1 aromatic rings. The van der Waals surface area contributed by atoms with Crippen molar-refractivity contribution in [3.05, 3.63) is 35.6 Å². The third kappa shape index (κ3) is 4.86. The minimum Gasteiger partial charge on any atom is -0.317 e. The first-order chi connectivity index (χ1) is 7.93. The summed E-state index contributed by atoms with van der Waals surface area (Å²) in [5.74, 6) is 0.403. The molecule has 2 heteroatoms. The Hall–Kier alpha value is -0.890. The van der Waals surface area contributed by atoms with Crippen molar-refractivity contribution >= 4 is 0 Å². The molecule has 0 radical (unpaired) electrons. The molecule has 1 rings (SSSR count). The molecule has 0 bridgehead atoms. The molecule has 0 amide bonds. The van der Waals surface area contributed by atoms with E-state index in [2.05, 4.69) is 33.0 Å². The molecule has 1 atom stereocenters. The molecule has 0 saturated carbocycles. The summed E-state index contributed by atoms with van der Waals surface area (Å²) in [4.78, 5) is 0. The smallest absolute Gasteiger partial charge is 0.123 e. The van der Waals surface area contributed by atoms with Crippen molar-refractivity contribution in [2.45, 2.75) is 34.1 Å². The molecule has 1 N–H and O–H groups in total. The van der Waals surface area contributed by atoms with E-state index in [1.54, 1.807) is 12.1 Å². The predicted octanol–water partition coefficient (Wildman–Crippen LogP) is 3.64. The Morgan fingerprint density at radius 3 is 2.24 bits per heavy atom. The van der Waals surface area contributed by atoms with Crippen molar-refractivity contribution in [2.24, 2.45) is 11.3 Å². The van der Waals surface area contributed by atoms with Gasteiger partial charge in [0.2, 0.25) is 0 Å². The maximum absolute atomic E-state index is 12.8. The van der Waals surface area contributed by atoms with E-state index in [1.807, 2.05) is 12.1 Å². The van der Waals surface area contributed by atoms with Crippen LogP contribution in [0.5, 0.6) is 0 Å². The SMILES string of the molecule is CCNCC(Cc1ccc(F)cc1)C(C)(C)C. The third-order valence-electron chi connectivity index (χ3n) is 3.26. The van der Waals surface area contributed by atoms with Crippen LogP contribution in [0.3, 0.4) is 0 Å². The Morgan fingerprint density at radius 2 is 1.76 bits per heavy atom. The zero-order valence-corrected chi connectivity index (χ0v) is 11.4. The van der Waals surface area contributed by atoms with Crippen LogP contribution in [0.15, 0.2) is 24.3 Å². The molecular formula is C15H24FN. The monoisotopic (exact) mass is 237 g/mol. The summed E-state index contributed by atoms with van der Waals surface area (Å²) in [5.41, 5.74) is 1.47. The summed E-state index contributed by atoms with van der Waals surface area (Å²) in [7, 11) is 0. The largest absolute Gasteiger partial charge is 0.317 e. The minimum absolute atomic E-state index is 0.159. The minimum atomic E-state index is -0.159. The summed E-state index contributed by atoms with van der Waals surface area (Å²) >= 11 is 0. The maximum atomic E-state index is 12.8. The highest BCUT2D eigenvalue weighted by atomic mass is 19.1. The zero-order valence-electron chi connectivity index (χ0n) is 11.4. The molecule has 96 valence electrons. The lowest BCUT2D eigenvalue weighted by Gasteiger charge is -2.31. The van der Waals surface area contributed by atoms with Gasteiger partial charge in [-0.1, -0.05) is 39.8 Å². The molecular weight excluding hydrogens is 213 g/mol. The number of rotatable bonds is 5. The number of nitrogens with one attached hydrogen (secondary N) is 1. The Labute approximate surface area is 104 Å². The van der Waals surface area contributed by atoms with Crippen LogP contribution < -0.4 is 5.32 Å². The van der Waals surface area contributed by atoms with Crippen molar-refractivity contribution in [2.75, 3.05) is 13.1 Å². The van der Waals surface area contributed by atoms with E-state index in [1.165, 1.54) is 5.56 Å². The lowest BCUT2D eigenvalue weighted by molar-refractivity contribution is 0.232. The van der Waals surface area contributed by atoms with Crippen molar-refractivity contribution in [3.8, 4) is 0 Å². The van der Waals surface area contributed by atoms with Gasteiger partial charge in [0.1, 0.15) is 5.82 Å². The highest BCUT2D eigenvalue weighted by Gasteiger charge is 2.24. The average Bonchev–Trinajstić information content (AvgIpc) is 2.25. The molecule has 17 heavy (non-hydrogen) atoms. The average molecular weight is 237 g/mol. The van der Waals surface area contributed by atoms with Crippen LogP contribution in [0.4, 0.5) is 4.39 Å². The van der Waals surface area contributed by atoms with Gasteiger partial charge in [0.15, 0.2) is 0 Å². The second kappa shape index (κ2) is 6.15. The van der Waals surface area contributed by atoms with Crippen LogP contribution in [0.2, 0.25) is 0 Å². The first-order valence-corrected chi connectivity index (χ1v) is 6.38. The lowest BCUT2D eigenvalue weighted by Crippen LogP contribution is -2.33. The Kier molecular flexibility index (Phi) is 5.13. The van der Waals surface area contributed by atoms with Crippen molar-refractivity contribution in [1.82, 2.24) is 5.32 Å². The van der Waals surface area contributed by atoms with E-state index in [4.69, 9.17) is 0 Å². The molecule has 0 saturated heterocycles. The summed E-state index contributed by atoms with van der Waals surface area (Å²) in [5, 5.41) is 3.41.